The number of hydrogen-bond acceptors (Lipinski definition) is 0. The summed E-state index contributed by atoms with van der Waals surface area (Å²) in [5.74, 6) is 0. The molecule has 3 rings (SSSR count). The Morgan fingerprint density at radius 2 is 1.93 bits per heavy atom. The van der Waals surface area contributed by atoms with Gasteiger partial charge in [-0.15, -0.1) is 0 Å². The predicted octanol–water partition coefficient (Wildman–Crippen LogP) is 4.67. The maximum absolute atomic E-state index is 5.99. The highest BCUT2D eigenvalue weighted by molar-refractivity contribution is 9.10. The van der Waals surface area contributed by atoms with Gasteiger partial charge in [0.2, 0.25) is 0 Å². The first-order valence-electron chi connectivity index (χ1n) is 4.82. The number of halogens is 2. The van der Waals surface area contributed by atoms with E-state index in [1.165, 1.54) is 26.7 Å². The third-order valence-electron chi connectivity index (χ3n) is 2.82. The van der Waals surface area contributed by atoms with Crippen LogP contribution in [0.2, 0.25) is 5.02 Å². The van der Waals surface area contributed by atoms with E-state index in [4.69, 9.17) is 11.6 Å². The fraction of sp³-hybridized carbons (Fsp3) is 0.0769. The Bertz CT molecular complexity index is 546. The lowest BCUT2D eigenvalue weighted by molar-refractivity contribution is 1.26. The van der Waals surface area contributed by atoms with Crippen LogP contribution in [0.5, 0.6) is 0 Å². The second-order valence-corrected chi connectivity index (χ2v) is 5.04. The average Bonchev–Trinajstić information content (AvgIpc) is 2.56. The van der Waals surface area contributed by atoms with E-state index in [1.807, 2.05) is 6.07 Å². The molecule has 0 nitrogen and oxygen atoms in total. The van der Waals surface area contributed by atoms with Gasteiger partial charge in [0, 0.05) is 9.50 Å². The van der Waals surface area contributed by atoms with Crippen LogP contribution >= 0.6 is 27.5 Å². The van der Waals surface area contributed by atoms with E-state index in [2.05, 4.69) is 46.3 Å². The van der Waals surface area contributed by atoms with Gasteiger partial charge >= 0.3 is 0 Å². The van der Waals surface area contributed by atoms with Crippen molar-refractivity contribution < 1.29 is 0 Å². The van der Waals surface area contributed by atoms with Crippen LogP contribution in [0.4, 0.5) is 0 Å². The summed E-state index contributed by atoms with van der Waals surface area (Å²) in [5, 5.41) is 0.817. The molecule has 15 heavy (non-hydrogen) atoms. The molecule has 0 saturated carbocycles. The fourth-order valence-electron chi connectivity index (χ4n) is 2.18. The summed E-state index contributed by atoms with van der Waals surface area (Å²) in [6.07, 6.45) is 0.991. The second-order valence-electron chi connectivity index (χ2n) is 3.75. The van der Waals surface area contributed by atoms with Crippen LogP contribution in [0.15, 0.2) is 40.9 Å². The maximum atomic E-state index is 5.99. The van der Waals surface area contributed by atoms with Crippen molar-refractivity contribution in [2.24, 2.45) is 0 Å². The molecule has 1 aliphatic rings. The number of fused-ring (bicyclic) bond motifs is 3. The van der Waals surface area contributed by atoms with Gasteiger partial charge in [0.25, 0.3) is 0 Å². The van der Waals surface area contributed by atoms with Crippen molar-refractivity contribution in [1.29, 1.82) is 0 Å². The summed E-state index contributed by atoms with van der Waals surface area (Å²) in [7, 11) is 0. The SMILES string of the molecule is Clc1ccc2c(c1)Cc1cccc(Br)c1-2. The Morgan fingerprint density at radius 1 is 1.07 bits per heavy atom. The van der Waals surface area contributed by atoms with Gasteiger partial charge in [0.05, 0.1) is 0 Å². The average molecular weight is 280 g/mol. The van der Waals surface area contributed by atoms with Crippen molar-refractivity contribution in [3.05, 3.63) is 57.0 Å². The van der Waals surface area contributed by atoms with Crippen LogP contribution in [0.3, 0.4) is 0 Å². The number of hydrogen-bond donors (Lipinski definition) is 0. The zero-order valence-corrected chi connectivity index (χ0v) is 10.3. The van der Waals surface area contributed by atoms with Gasteiger partial charge in [0.15, 0.2) is 0 Å². The van der Waals surface area contributed by atoms with E-state index >= 15 is 0 Å². The molecule has 2 aromatic rings. The van der Waals surface area contributed by atoms with Gasteiger partial charge in [-0.25, -0.2) is 0 Å². The molecular formula is C13H8BrCl. The summed E-state index contributed by atoms with van der Waals surface area (Å²) in [5.41, 5.74) is 5.33. The lowest BCUT2D eigenvalue weighted by Crippen LogP contribution is -1.79. The molecule has 0 atom stereocenters. The highest BCUT2D eigenvalue weighted by atomic mass is 79.9. The molecule has 0 amide bonds. The van der Waals surface area contributed by atoms with Gasteiger partial charge in [-0.1, -0.05) is 45.7 Å². The van der Waals surface area contributed by atoms with Crippen LogP contribution in [0, 0.1) is 0 Å². The molecule has 0 heterocycles. The quantitative estimate of drug-likeness (QED) is 0.561. The van der Waals surface area contributed by atoms with E-state index < -0.39 is 0 Å². The van der Waals surface area contributed by atoms with Crippen molar-refractivity contribution in [1.82, 2.24) is 0 Å². The molecule has 0 radical (unpaired) electrons. The van der Waals surface area contributed by atoms with Crippen molar-refractivity contribution in [2.75, 3.05) is 0 Å². The molecule has 1 aliphatic carbocycles. The third-order valence-corrected chi connectivity index (χ3v) is 3.71. The first-order valence-corrected chi connectivity index (χ1v) is 5.99. The van der Waals surface area contributed by atoms with Crippen LogP contribution in [-0.4, -0.2) is 0 Å². The van der Waals surface area contributed by atoms with Gasteiger partial charge in [-0.3, -0.25) is 0 Å². The lowest BCUT2D eigenvalue weighted by Gasteiger charge is -2.03. The zero-order valence-electron chi connectivity index (χ0n) is 7.93. The zero-order chi connectivity index (χ0) is 10.4. The molecular weight excluding hydrogens is 271 g/mol. The van der Waals surface area contributed by atoms with Crippen molar-refractivity contribution in [3.63, 3.8) is 0 Å². The van der Waals surface area contributed by atoms with Gasteiger partial charge in [0.1, 0.15) is 0 Å². The molecule has 0 bridgehead atoms. The van der Waals surface area contributed by atoms with Crippen molar-refractivity contribution >= 4 is 27.5 Å². The van der Waals surface area contributed by atoms with Crippen LogP contribution in [-0.2, 0) is 6.42 Å². The molecule has 2 aromatic carbocycles. The standard InChI is InChI=1S/C13H8BrCl/c14-12-3-1-2-8-6-9-7-10(15)4-5-11(9)13(8)12/h1-5,7H,6H2. The Morgan fingerprint density at radius 3 is 2.80 bits per heavy atom. The Hall–Kier alpha value is -0.790. The minimum atomic E-state index is 0.817. The minimum Gasteiger partial charge on any atom is -0.0843 e. The maximum Gasteiger partial charge on any atom is 0.0409 e. The Balaban J connectivity index is 2.31. The van der Waals surface area contributed by atoms with E-state index in [0.717, 1.165) is 11.4 Å². The monoisotopic (exact) mass is 278 g/mol. The fourth-order valence-corrected chi connectivity index (χ4v) is 2.99. The van der Waals surface area contributed by atoms with Gasteiger partial charge < -0.3 is 0 Å². The summed E-state index contributed by atoms with van der Waals surface area (Å²) in [6.45, 7) is 0. The summed E-state index contributed by atoms with van der Waals surface area (Å²) in [6, 6.07) is 12.5. The smallest absolute Gasteiger partial charge is 0.0409 e. The number of benzene rings is 2. The van der Waals surface area contributed by atoms with Crippen LogP contribution < -0.4 is 0 Å². The summed E-state index contributed by atoms with van der Waals surface area (Å²) in [4.78, 5) is 0. The first-order chi connectivity index (χ1) is 7.25. The summed E-state index contributed by atoms with van der Waals surface area (Å²) >= 11 is 9.60. The van der Waals surface area contributed by atoms with Crippen LogP contribution in [0.1, 0.15) is 11.1 Å². The molecule has 0 fully saturated rings. The van der Waals surface area contributed by atoms with E-state index in [9.17, 15) is 0 Å². The highest BCUT2D eigenvalue weighted by Crippen LogP contribution is 2.41. The normalized spacial score (nSPS) is 12.4. The molecule has 0 aromatic heterocycles. The second kappa shape index (κ2) is 3.36. The van der Waals surface area contributed by atoms with Crippen molar-refractivity contribution in [3.8, 4) is 11.1 Å². The Labute approximate surface area is 102 Å². The molecule has 0 spiro atoms. The minimum absolute atomic E-state index is 0.817. The molecule has 74 valence electrons. The molecule has 0 aliphatic heterocycles. The summed E-state index contributed by atoms with van der Waals surface area (Å²) < 4.78 is 1.17. The van der Waals surface area contributed by atoms with E-state index in [1.54, 1.807) is 0 Å². The molecule has 0 N–H and O–H groups in total. The molecule has 0 unspecified atom stereocenters. The third kappa shape index (κ3) is 1.42. The van der Waals surface area contributed by atoms with E-state index in [-0.39, 0.29) is 0 Å². The van der Waals surface area contributed by atoms with Gasteiger partial charge in [-0.05, 0) is 46.9 Å². The van der Waals surface area contributed by atoms with Crippen molar-refractivity contribution in [2.45, 2.75) is 6.42 Å². The highest BCUT2D eigenvalue weighted by Gasteiger charge is 2.20. The van der Waals surface area contributed by atoms with Crippen LogP contribution in [0.25, 0.3) is 11.1 Å². The van der Waals surface area contributed by atoms with Gasteiger partial charge in [-0.2, -0.15) is 0 Å². The molecule has 0 saturated heterocycles. The van der Waals surface area contributed by atoms with E-state index in [0.29, 0.717) is 0 Å². The first kappa shape index (κ1) is 9.44. The molecule has 2 heteroatoms. The predicted molar refractivity (Wildman–Crippen MR) is 67.4 cm³/mol. The largest absolute Gasteiger partial charge is 0.0843 e. The Kier molecular flexibility index (Phi) is 2.11. The number of rotatable bonds is 0. The topological polar surface area (TPSA) is 0 Å². The lowest BCUT2D eigenvalue weighted by atomic mass is 10.1.